The van der Waals surface area contributed by atoms with Gasteiger partial charge in [-0.3, -0.25) is 9.59 Å². The van der Waals surface area contributed by atoms with Crippen molar-refractivity contribution >= 4 is 21.7 Å². The highest BCUT2D eigenvalue weighted by Gasteiger charge is 2.46. The average molecular weight is 357 g/mol. The highest BCUT2D eigenvalue weighted by atomic mass is 32.2. The molecule has 2 aromatic carbocycles. The molecule has 130 valence electrons. The summed E-state index contributed by atoms with van der Waals surface area (Å²) in [5.74, 6) is -0.749. The second kappa shape index (κ2) is 6.44. The number of carbonyl (C=O) groups excluding carboxylic acids is 2. The van der Waals surface area contributed by atoms with Gasteiger partial charge in [0.15, 0.2) is 5.78 Å². The van der Waals surface area contributed by atoms with Crippen LogP contribution in [0.2, 0.25) is 0 Å². The Hall–Kier alpha value is -2.47. The molecule has 0 saturated heterocycles. The van der Waals surface area contributed by atoms with Gasteiger partial charge in [0.2, 0.25) is 5.91 Å². The molecule has 1 N–H and O–H groups in total. The first-order valence-corrected chi connectivity index (χ1v) is 9.57. The number of nitrogens with one attached hydrogen (secondary N) is 1. The fourth-order valence-corrected chi connectivity index (χ4v) is 4.19. The van der Waals surface area contributed by atoms with Crippen LogP contribution in [0.4, 0.5) is 0 Å². The largest absolute Gasteiger partial charge is 0.295 e. The quantitative estimate of drug-likeness (QED) is 0.835. The molecule has 1 aliphatic carbocycles. The monoisotopic (exact) mass is 357 g/mol. The van der Waals surface area contributed by atoms with Crippen molar-refractivity contribution in [1.29, 1.82) is 0 Å². The van der Waals surface area contributed by atoms with Gasteiger partial charge in [-0.1, -0.05) is 48.9 Å². The summed E-state index contributed by atoms with van der Waals surface area (Å²) in [6.07, 6.45) is 2.11. The Morgan fingerprint density at radius 3 is 2.24 bits per heavy atom. The van der Waals surface area contributed by atoms with Gasteiger partial charge in [0.25, 0.3) is 10.0 Å². The molecule has 1 amide bonds. The third-order valence-corrected chi connectivity index (χ3v) is 6.07. The Morgan fingerprint density at radius 2 is 1.68 bits per heavy atom. The standard InChI is InChI=1S/C19H19NO4S/c1-14(21)15-7-5-10-17(13-15)25(23,24)20-18(22)19(11-6-12-19)16-8-3-2-4-9-16/h2-5,7-10,13H,6,11-12H2,1H3,(H,20,22). The first-order valence-electron chi connectivity index (χ1n) is 8.09. The van der Waals surface area contributed by atoms with Gasteiger partial charge in [0, 0.05) is 5.56 Å². The summed E-state index contributed by atoms with van der Waals surface area (Å²) in [6, 6.07) is 14.9. The molecule has 0 radical (unpaired) electrons. The van der Waals surface area contributed by atoms with Crippen LogP contribution in [0.5, 0.6) is 0 Å². The van der Waals surface area contributed by atoms with E-state index in [0.717, 1.165) is 12.0 Å². The van der Waals surface area contributed by atoms with Crippen molar-refractivity contribution in [1.82, 2.24) is 4.72 Å². The van der Waals surface area contributed by atoms with E-state index < -0.39 is 21.3 Å². The van der Waals surface area contributed by atoms with E-state index in [1.54, 1.807) is 6.07 Å². The number of amides is 1. The molecule has 5 nitrogen and oxygen atoms in total. The van der Waals surface area contributed by atoms with Crippen LogP contribution in [-0.2, 0) is 20.2 Å². The summed E-state index contributed by atoms with van der Waals surface area (Å²) < 4.78 is 27.4. The molecule has 0 heterocycles. The molecule has 0 bridgehead atoms. The predicted octanol–water partition coefficient (Wildman–Crippen LogP) is 2.82. The van der Waals surface area contributed by atoms with Crippen LogP contribution in [0.3, 0.4) is 0 Å². The van der Waals surface area contributed by atoms with Crippen molar-refractivity contribution in [2.75, 3.05) is 0 Å². The van der Waals surface area contributed by atoms with E-state index >= 15 is 0 Å². The maximum atomic E-state index is 12.8. The van der Waals surface area contributed by atoms with Crippen LogP contribution < -0.4 is 4.72 Å². The number of sulfonamides is 1. The van der Waals surface area contributed by atoms with Crippen molar-refractivity contribution in [3.63, 3.8) is 0 Å². The summed E-state index contributed by atoms with van der Waals surface area (Å²) in [5, 5.41) is 0. The molecule has 3 rings (SSSR count). The fourth-order valence-electron chi connectivity index (χ4n) is 3.10. The highest BCUT2D eigenvalue weighted by Crippen LogP contribution is 2.44. The third kappa shape index (κ3) is 3.22. The van der Waals surface area contributed by atoms with E-state index in [4.69, 9.17) is 0 Å². The Balaban J connectivity index is 1.89. The summed E-state index contributed by atoms with van der Waals surface area (Å²) in [7, 11) is -4.03. The maximum absolute atomic E-state index is 12.8. The summed E-state index contributed by atoms with van der Waals surface area (Å²) in [4.78, 5) is 24.2. The summed E-state index contributed by atoms with van der Waals surface area (Å²) in [5.41, 5.74) is 0.315. The number of ketones is 1. The second-order valence-corrected chi connectivity index (χ2v) is 8.00. The fraction of sp³-hybridized carbons (Fsp3) is 0.263. The molecule has 1 saturated carbocycles. The van der Waals surface area contributed by atoms with Crippen LogP contribution in [0.25, 0.3) is 0 Å². The topological polar surface area (TPSA) is 80.3 Å². The average Bonchev–Trinajstić information content (AvgIpc) is 2.54. The van der Waals surface area contributed by atoms with E-state index in [1.807, 2.05) is 30.3 Å². The van der Waals surface area contributed by atoms with E-state index in [2.05, 4.69) is 4.72 Å². The van der Waals surface area contributed by atoms with Gasteiger partial charge in [-0.2, -0.15) is 0 Å². The lowest BCUT2D eigenvalue weighted by atomic mass is 9.64. The molecule has 0 unspecified atom stereocenters. The number of hydrogen-bond acceptors (Lipinski definition) is 4. The molecule has 0 spiro atoms. The van der Waals surface area contributed by atoms with Crippen molar-refractivity contribution in [2.45, 2.75) is 36.5 Å². The zero-order valence-electron chi connectivity index (χ0n) is 13.9. The Bertz CT molecular complexity index is 915. The van der Waals surface area contributed by atoms with Crippen molar-refractivity contribution in [3.8, 4) is 0 Å². The first kappa shape index (κ1) is 17.4. The lowest BCUT2D eigenvalue weighted by Crippen LogP contribution is -2.50. The Kier molecular flexibility index (Phi) is 4.47. The zero-order chi connectivity index (χ0) is 18.1. The normalized spacial score (nSPS) is 15.9. The molecule has 1 aliphatic rings. The predicted molar refractivity (Wildman–Crippen MR) is 93.7 cm³/mol. The minimum atomic E-state index is -4.03. The van der Waals surface area contributed by atoms with Crippen LogP contribution in [0, 0.1) is 0 Å². The van der Waals surface area contributed by atoms with Crippen LogP contribution in [0.15, 0.2) is 59.5 Å². The molecule has 0 atom stereocenters. The molecule has 25 heavy (non-hydrogen) atoms. The minimum absolute atomic E-state index is 0.0870. The maximum Gasteiger partial charge on any atom is 0.264 e. The van der Waals surface area contributed by atoms with E-state index in [9.17, 15) is 18.0 Å². The minimum Gasteiger partial charge on any atom is -0.295 e. The number of benzene rings is 2. The van der Waals surface area contributed by atoms with Crippen molar-refractivity contribution < 1.29 is 18.0 Å². The van der Waals surface area contributed by atoms with Gasteiger partial charge in [0.05, 0.1) is 10.3 Å². The number of rotatable bonds is 5. The van der Waals surface area contributed by atoms with E-state index in [-0.39, 0.29) is 16.2 Å². The van der Waals surface area contributed by atoms with Gasteiger partial charge in [-0.25, -0.2) is 13.1 Å². The molecule has 0 aromatic heterocycles. The summed E-state index contributed by atoms with van der Waals surface area (Å²) in [6.45, 7) is 1.36. The van der Waals surface area contributed by atoms with Gasteiger partial charge < -0.3 is 0 Å². The van der Waals surface area contributed by atoms with Gasteiger partial charge >= 0.3 is 0 Å². The molecular formula is C19H19NO4S. The first-order chi connectivity index (χ1) is 11.8. The van der Waals surface area contributed by atoms with Crippen LogP contribution in [0.1, 0.15) is 42.1 Å². The molecule has 6 heteroatoms. The third-order valence-electron chi connectivity index (χ3n) is 4.75. The lowest BCUT2D eigenvalue weighted by Gasteiger charge is -2.40. The molecular weight excluding hydrogens is 338 g/mol. The molecule has 0 aliphatic heterocycles. The van der Waals surface area contributed by atoms with Gasteiger partial charge in [-0.05, 0) is 37.5 Å². The van der Waals surface area contributed by atoms with Crippen molar-refractivity contribution in [3.05, 3.63) is 65.7 Å². The van der Waals surface area contributed by atoms with E-state index in [0.29, 0.717) is 12.8 Å². The van der Waals surface area contributed by atoms with Crippen LogP contribution in [-0.4, -0.2) is 20.1 Å². The van der Waals surface area contributed by atoms with Gasteiger partial charge in [-0.15, -0.1) is 0 Å². The number of hydrogen-bond donors (Lipinski definition) is 1. The molecule has 2 aromatic rings. The Labute approximate surface area is 147 Å². The number of Topliss-reactive ketones (excluding diaryl/α,β-unsaturated/α-hetero) is 1. The van der Waals surface area contributed by atoms with E-state index in [1.165, 1.54) is 25.1 Å². The second-order valence-electron chi connectivity index (χ2n) is 6.32. The molecule has 1 fully saturated rings. The van der Waals surface area contributed by atoms with Crippen molar-refractivity contribution in [2.24, 2.45) is 0 Å². The zero-order valence-corrected chi connectivity index (χ0v) is 14.7. The SMILES string of the molecule is CC(=O)c1cccc(S(=O)(=O)NC(=O)C2(c3ccccc3)CCC2)c1. The Morgan fingerprint density at radius 1 is 1.00 bits per heavy atom. The van der Waals surface area contributed by atoms with Crippen LogP contribution >= 0.6 is 0 Å². The highest BCUT2D eigenvalue weighted by molar-refractivity contribution is 7.90. The van der Waals surface area contributed by atoms with Gasteiger partial charge in [0.1, 0.15) is 0 Å². The lowest BCUT2D eigenvalue weighted by molar-refractivity contribution is -0.128. The summed E-state index contributed by atoms with van der Waals surface area (Å²) >= 11 is 0. The smallest absolute Gasteiger partial charge is 0.264 e. The number of carbonyl (C=O) groups is 2.